The number of amides is 1. The lowest BCUT2D eigenvalue weighted by atomic mass is 9.97. The van der Waals surface area contributed by atoms with Crippen LogP contribution in [-0.4, -0.2) is 34.1 Å². The molecular formula is C27H22F2N4O2S. The predicted molar refractivity (Wildman–Crippen MR) is 134 cm³/mol. The van der Waals surface area contributed by atoms with Crippen LogP contribution in [0.3, 0.4) is 0 Å². The van der Waals surface area contributed by atoms with Crippen LogP contribution in [0.4, 0.5) is 14.5 Å². The molecule has 2 aromatic carbocycles. The van der Waals surface area contributed by atoms with Crippen LogP contribution >= 0.6 is 11.3 Å². The molecule has 2 bridgehead atoms. The quantitative estimate of drug-likeness (QED) is 0.325. The van der Waals surface area contributed by atoms with Crippen molar-refractivity contribution >= 4 is 33.9 Å². The molecular weight excluding hydrogens is 482 g/mol. The van der Waals surface area contributed by atoms with Gasteiger partial charge in [0.15, 0.2) is 5.58 Å². The number of piperidine rings is 1. The lowest BCUT2D eigenvalue weighted by Gasteiger charge is -2.37. The lowest BCUT2D eigenvalue weighted by molar-refractivity contribution is 0.0580. The molecule has 2 aliphatic rings. The first-order chi connectivity index (χ1) is 17.3. The topological polar surface area (TPSA) is 76.7 Å². The average Bonchev–Trinajstić information content (AvgIpc) is 3.53. The SMILES string of the molecule is [C-]#[N+]c1ccc(-c2cc(C(=O)N3C4CCC3CC(N)C4)sc2-c2cc3onc(C)c3cc2F)cc1F. The van der Waals surface area contributed by atoms with Gasteiger partial charge in [-0.1, -0.05) is 17.3 Å². The summed E-state index contributed by atoms with van der Waals surface area (Å²) in [5, 5.41) is 4.49. The molecule has 2 N–H and O–H groups in total. The minimum absolute atomic E-state index is 0.0936. The summed E-state index contributed by atoms with van der Waals surface area (Å²) in [5.41, 5.74) is 8.32. The molecule has 2 unspecified atom stereocenters. The van der Waals surface area contributed by atoms with Gasteiger partial charge in [0, 0.05) is 39.5 Å². The number of rotatable bonds is 3. The number of benzene rings is 2. The van der Waals surface area contributed by atoms with Crippen LogP contribution in [0, 0.1) is 25.1 Å². The number of carbonyl (C=O) groups excluding carboxylic acids is 1. The van der Waals surface area contributed by atoms with Crippen LogP contribution < -0.4 is 5.73 Å². The molecule has 2 fully saturated rings. The van der Waals surface area contributed by atoms with Gasteiger partial charge < -0.3 is 15.2 Å². The van der Waals surface area contributed by atoms with Gasteiger partial charge in [-0.25, -0.2) is 13.6 Å². The minimum atomic E-state index is -0.669. The van der Waals surface area contributed by atoms with Gasteiger partial charge in [0.1, 0.15) is 11.6 Å². The molecule has 2 aromatic heterocycles. The van der Waals surface area contributed by atoms with Crippen LogP contribution in [-0.2, 0) is 0 Å². The van der Waals surface area contributed by atoms with Gasteiger partial charge in [-0.05, 0) is 62.4 Å². The Labute approximate surface area is 210 Å². The number of hydrogen-bond donors (Lipinski definition) is 1. The summed E-state index contributed by atoms with van der Waals surface area (Å²) in [6, 6.07) is 9.21. The van der Waals surface area contributed by atoms with Crippen molar-refractivity contribution in [2.24, 2.45) is 5.73 Å². The summed E-state index contributed by atoms with van der Waals surface area (Å²) in [5.74, 6) is -1.27. The molecule has 182 valence electrons. The van der Waals surface area contributed by atoms with Crippen LogP contribution in [0.5, 0.6) is 0 Å². The molecule has 2 saturated heterocycles. The Bertz CT molecular complexity index is 1560. The van der Waals surface area contributed by atoms with Crippen molar-refractivity contribution in [3.8, 4) is 21.6 Å². The number of fused-ring (bicyclic) bond motifs is 3. The second-order valence-corrected chi connectivity index (χ2v) is 10.6. The van der Waals surface area contributed by atoms with Gasteiger partial charge in [0.2, 0.25) is 5.69 Å². The van der Waals surface area contributed by atoms with E-state index in [9.17, 15) is 9.18 Å². The fraction of sp³-hybridized carbons (Fsp3) is 0.296. The molecule has 0 radical (unpaired) electrons. The predicted octanol–water partition coefficient (Wildman–Crippen LogP) is 6.46. The summed E-state index contributed by atoms with van der Waals surface area (Å²) < 4.78 is 35.3. The van der Waals surface area contributed by atoms with Crippen LogP contribution in [0.1, 0.15) is 41.0 Å². The molecule has 6 rings (SSSR count). The van der Waals surface area contributed by atoms with E-state index in [1.807, 2.05) is 4.90 Å². The first-order valence-corrected chi connectivity index (χ1v) is 12.6. The third-order valence-electron chi connectivity index (χ3n) is 7.31. The Kier molecular flexibility index (Phi) is 5.39. The highest BCUT2D eigenvalue weighted by molar-refractivity contribution is 7.18. The average molecular weight is 505 g/mol. The number of thiophene rings is 1. The molecule has 9 heteroatoms. The van der Waals surface area contributed by atoms with Gasteiger partial charge >= 0.3 is 0 Å². The number of nitrogens with zero attached hydrogens (tertiary/aromatic N) is 3. The summed E-state index contributed by atoms with van der Waals surface area (Å²) in [7, 11) is 0. The second kappa shape index (κ2) is 8.50. The van der Waals surface area contributed by atoms with E-state index in [1.165, 1.54) is 29.5 Å². The van der Waals surface area contributed by atoms with Crippen molar-refractivity contribution < 1.29 is 18.1 Å². The number of halogens is 2. The van der Waals surface area contributed by atoms with Crippen LogP contribution in [0.25, 0.3) is 37.4 Å². The molecule has 4 heterocycles. The summed E-state index contributed by atoms with van der Waals surface area (Å²) >= 11 is 1.18. The monoisotopic (exact) mass is 504 g/mol. The van der Waals surface area contributed by atoms with Gasteiger partial charge in [0.05, 0.1) is 17.1 Å². The highest BCUT2D eigenvalue weighted by Gasteiger charge is 2.43. The first-order valence-electron chi connectivity index (χ1n) is 11.8. The zero-order chi connectivity index (χ0) is 25.1. The summed E-state index contributed by atoms with van der Waals surface area (Å²) in [6.07, 6.45) is 3.39. The van der Waals surface area contributed by atoms with Crippen molar-refractivity contribution in [3.63, 3.8) is 0 Å². The van der Waals surface area contributed by atoms with Gasteiger partial charge in [0.25, 0.3) is 5.91 Å². The Balaban J connectivity index is 1.50. The molecule has 36 heavy (non-hydrogen) atoms. The number of aromatic nitrogens is 1. The number of carbonyl (C=O) groups is 1. The maximum atomic E-state index is 15.4. The number of hydrogen-bond acceptors (Lipinski definition) is 5. The molecule has 0 aliphatic carbocycles. The van der Waals surface area contributed by atoms with E-state index >= 15 is 4.39 Å². The zero-order valence-electron chi connectivity index (χ0n) is 19.4. The van der Waals surface area contributed by atoms with E-state index in [0.717, 1.165) is 25.7 Å². The molecule has 2 aliphatic heterocycles. The second-order valence-electron chi connectivity index (χ2n) is 9.56. The third kappa shape index (κ3) is 3.60. The van der Waals surface area contributed by atoms with Crippen molar-refractivity contribution in [1.29, 1.82) is 0 Å². The smallest absolute Gasteiger partial charge is 0.264 e. The molecule has 0 spiro atoms. The maximum Gasteiger partial charge on any atom is 0.264 e. The van der Waals surface area contributed by atoms with Gasteiger partial charge in [-0.3, -0.25) is 4.79 Å². The zero-order valence-corrected chi connectivity index (χ0v) is 20.2. The molecule has 6 nitrogen and oxygen atoms in total. The molecule has 2 atom stereocenters. The Hall–Kier alpha value is -3.61. The van der Waals surface area contributed by atoms with E-state index in [2.05, 4.69) is 10.0 Å². The third-order valence-corrected chi connectivity index (χ3v) is 8.47. The Morgan fingerprint density at radius 3 is 2.58 bits per heavy atom. The standard InChI is InChI=1S/C27H22F2N4O2S/c1-13-18-10-21(28)20(11-24(18)35-32-13)26-19(14-3-6-23(31-2)22(29)7-14)12-25(36-26)27(34)33-16-4-5-17(33)9-15(30)8-16/h3,6-7,10-12,15-17H,4-5,8-9,30H2,1H3. The highest BCUT2D eigenvalue weighted by Crippen LogP contribution is 2.44. The highest BCUT2D eigenvalue weighted by atomic mass is 32.1. The number of aryl methyl sites for hydroxylation is 1. The van der Waals surface area contributed by atoms with Crippen molar-refractivity contribution in [2.75, 3.05) is 0 Å². The van der Waals surface area contributed by atoms with E-state index in [0.29, 0.717) is 37.5 Å². The van der Waals surface area contributed by atoms with Crippen molar-refractivity contribution in [2.45, 2.75) is 50.7 Å². The van der Waals surface area contributed by atoms with Gasteiger partial charge in [-0.15, -0.1) is 11.3 Å². The van der Waals surface area contributed by atoms with E-state index in [-0.39, 0.29) is 35.3 Å². The molecule has 0 saturated carbocycles. The maximum absolute atomic E-state index is 15.4. The lowest BCUT2D eigenvalue weighted by Crippen LogP contribution is -2.49. The minimum Gasteiger partial charge on any atom is -0.356 e. The van der Waals surface area contributed by atoms with Gasteiger partial charge in [-0.2, -0.15) is 0 Å². The fourth-order valence-corrected chi connectivity index (χ4v) is 6.75. The largest absolute Gasteiger partial charge is 0.356 e. The Morgan fingerprint density at radius 2 is 1.89 bits per heavy atom. The summed E-state index contributed by atoms with van der Waals surface area (Å²) in [6.45, 7) is 8.87. The van der Waals surface area contributed by atoms with Crippen LogP contribution in [0.15, 0.2) is 40.9 Å². The normalized spacial score (nSPS) is 21.2. The Morgan fingerprint density at radius 1 is 1.14 bits per heavy atom. The van der Waals surface area contributed by atoms with E-state index < -0.39 is 11.6 Å². The molecule has 1 amide bonds. The van der Waals surface area contributed by atoms with E-state index in [1.54, 1.807) is 25.1 Å². The van der Waals surface area contributed by atoms with Crippen molar-refractivity contribution in [3.05, 3.63) is 70.0 Å². The summed E-state index contributed by atoms with van der Waals surface area (Å²) in [4.78, 5) is 19.8. The molecule has 4 aromatic rings. The van der Waals surface area contributed by atoms with Crippen molar-refractivity contribution in [1.82, 2.24) is 10.1 Å². The van der Waals surface area contributed by atoms with Crippen LogP contribution in [0.2, 0.25) is 0 Å². The fourth-order valence-electron chi connectivity index (χ4n) is 5.61. The van der Waals surface area contributed by atoms with E-state index in [4.69, 9.17) is 16.8 Å². The number of nitrogens with two attached hydrogens (primary N) is 1. The first kappa shape index (κ1) is 22.8.